The fourth-order valence-electron chi connectivity index (χ4n) is 2.43. The number of pyridine rings is 1. The lowest BCUT2D eigenvalue weighted by Gasteiger charge is -2.23. The van der Waals surface area contributed by atoms with E-state index in [9.17, 15) is 13.2 Å². The molecule has 0 aliphatic carbocycles. The molecule has 0 aromatic carbocycles. The summed E-state index contributed by atoms with van der Waals surface area (Å²) in [7, 11) is -1.40. The van der Waals surface area contributed by atoms with Gasteiger partial charge in [0, 0.05) is 31.7 Å². The molecule has 1 saturated heterocycles. The van der Waals surface area contributed by atoms with E-state index >= 15 is 0 Å². The number of amides is 1. The van der Waals surface area contributed by atoms with Crippen molar-refractivity contribution in [2.75, 3.05) is 18.6 Å². The van der Waals surface area contributed by atoms with Crippen molar-refractivity contribution in [2.45, 2.75) is 12.5 Å². The van der Waals surface area contributed by atoms with Crippen LogP contribution in [0.3, 0.4) is 0 Å². The van der Waals surface area contributed by atoms with Crippen molar-refractivity contribution in [3.63, 3.8) is 0 Å². The van der Waals surface area contributed by atoms with Gasteiger partial charge in [-0.1, -0.05) is 0 Å². The maximum absolute atomic E-state index is 12.4. The minimum absolute atomic E-state index is 0.0239. The summed E-state index contributed by atoms with van der Waals surface area (Å²) in [5.74, 6) is -0.0931. The Morgan fingerprint density at radius 1 is 1.29 bits per heavy atom. The van der Waals surface area contributed by atoms with Gasteiger partial charge < -0.3 is 4.90 Å². The first-order valence-corrected chi connectivity index (χ1v) is 8.33. The number of nitrogens with zero attached hydrogens (tertiary/aromatic N) is 4. The summed E-state index contributed by atoms with van der Waals surface area (Å²) in [5.41, 5.74) is 1.39. The Morgan fingerprint density at radius 3 is 2.76 bits per heavy atom. The van der Waals surface area contributed by atoms with Crippen LogP contribution in [0.25, 0.3) is 11.2 Å². The molecule has 21 heavy (non-hydrogen) atoms. The Balaban J connectivity index is 1.86. The predicted octanol–water partition coefficient (Wildman–Crippen LogP) is 0.284. The Morgan fingerprint density at radius 2 is 2.05 bits per heavy atom. The first kappa shape index (κ1) is 13.9. The van der Waals surface area contributed by atoms with Crippen molar-refractivity contribution in [2.24, 2.45) is 0 Å². The molecule has 110 valence electrons. The SMILES string of the molecule is CN(C(=O)c1cnc2nccnc2c1)C1CCS(=O)(=O)C1. The molecule has 0 saturated carbocycles. The second-order valence-electron chi connectivity index (χ2n) is 5.10. The zero-order valence-corrected chi connectivity index (χ0v) is 12.2. The highest BCUT2D eigenvalue weighted by atomic mass is 32.2. The number of rotatable bonds is 2. The molecule has 1 unspecified atom stereocenters. The standard InChI is InChI=1S/C13H14N4O3S/c1-17(10-2-5-21(19,20)8-10)13(18)9-6-11-12(16-7-9)15-4-3-14-11/h3-4,6-7,10H,2,5,8H2,1H3. The predicted molar refractivity (Wildman–Crippen MR) is 76.5 cm³/mol. The molecule has 7 nitrogen and oxygen atoms in total. The number of hydrogen-bond donors (Lipinski definition) is 0. The summed E-state index contributed by atoms with van der Waals surface area (Å²) < 4.78 is 23.0. The van der Waals surface area contributed by atoms with E-state index in [0.29, 0.717) is 23.1 Å². The Labute approximate surface area is 122 Å². The van der Waals surface area contributed by atoms with Crippen LogP contribution in [-0.4, -0.2) is 58.8 Å². The molecular weight excluding hydrogens is 292 g/mol. The van der Waals surface area contributed by atoms with Crippen LogP contribution in [0.4, 0.5) is 0 Å². The van der Waals surface area contributed by atoms with Gasteiger partial charge in [0.1, 0.15) is 5.52 Å². The van der Waals surface area contributed by atoms with Crippen molar-refractivity contribution in [3.05, 3.63) is 30.2 Å². The molecule has 1 aliphatic rings. The molecule has 3 rings (SSSR count). The van der Waals surface area contributed by atoms with Gasteiger partial charge in [-0.2, -0.15) is 0 Å². The van der Waals surface area contributed by atoms with E-state index in [-0.39, 0.29) is 23.5 Å². The van der Waals surface area contributed by atoms with Crippen LogP contribution in [0.15, 0.2) is 24.7 Å². The molecule has 2 aromatic rings. The van der Waals surface area contributed by atoms with Crippen molar-refractivity contribution >= 4 is 26.9 Å². The van der Waals surface area contributed by atoms with E-state index in [1.165, 1.54) is 23.5 Å². The highest BCUT2D eigenvalue weighted by molar-refractivity contribution is 7.91. The van der Waals surface area contributed by atoms with Gasteiger partial charge in [0.2, 0.25) is 0 Å². The molecule has 8 heteroatoms. The number of carbonyl (C=O) groups is 1. The van der Waals surface area contributed by atoms with Gasteiger partial charge in [-0.05, 0) is 12.5 Å². The molecular formula is C13H14N4O3S. The third-order valence-corrected chi connectivity index (χ3v) is 5.40. The lowest BCUT2D eigenvalue weighted by atomic mass is 10.2. The molecule has 2 aromatic heterocycles. The second kappa shape index (κ2) is 5.03. The maximum atomic E-state index is 12.4. The summed E-state index contributed by atoms with van der Waals surface area (Å²) in [6.07, 6.45) is 4.99. The molecule has 0 bridgehead atoms. The van der Waals surface area contributed by atoms with Gasteiger partial charge >= 0.3 is 0 Å². The highest BCUT2D eigenvalue weighted by Crippen LogP contribution is 2.19. The zero-order chi connectivity index (χ0) is 15.0. The fraction of sp³-hybridized carbons (Fsp3) is 0.385. The topological polar surface area (TPSA) is 93.1 Å². The number of carbonyl (C=O) groups excluding carboxylic acids is 1. The van der Waals surface area contributed by atoms with Gasteiger partial charge in [0.15, 0.2) is 15.5 Å². The summed E-state index contributed by atoms with van der Waals surface area (Å²) in [6.45, 7) is 0. The van der Waals surface area contributed by atoms with Gasteiger partial charge in [0.25, 0.3) is 5.91 Å². The smallest absolute Gasteiger partial charge is 0.255 e. The normalized spacial score (nSPS) is 20.5. The van der Waals surface area contributed by atoms with Crippen molar-refractivity contribution in [1.29, 1.82) is 0 Å². The van der Waals surface area contributed by atoms with E-state index in [4.69, 9.17) is 0 Å². The van der Waals surface area contributed by atoms with Crippen molar-refractivity contribution < 1.29 is 13.2 Å². The van der Waals surface area contributed by atoms with Crippen molar-refractivity contribution in [1.82, 2.24) is 19.9 Å². The largest absolute Gasteiger partial charge is 0.338 e. The first-order valence-electron chi connectivity index (χ1n) is 6.51. The van der Waals surface area contributed by atoms with Gasteiger partial charge in [-0.15, -0.1) is 0 Å². The zero-order valence-electron chi connectivity index (χ0n) is 11.4. The van der Waals surface area contributed by atoms with E-state index in [1.807, 2.05) is 0 Å². The molecule has 0 N–H and O–H groups in total. The van der Waals surface area contributed by atoms with E-state index in [1.54, 1.807) is 13.1 Å². The first-order chi connectivity index (χ1) is 9.96. The van der Waals surface area contributed by atoms with E-state index < -0.39 is 9.84 Å². The van der Waals surface area contributed by atoms with E-state index in [2.05, 4.69) is 15.0 Å². The van der Waals surface area contributed by atoms with Crippen molar-refractivity contribution in [3.8, 4) is 0 Å². The third kappa shape index (κ3) is 2.71. The second-order valence-corrected chi connectivity index (χ2v) is 7.32. The van der Waals surface area contributed by atoms with Crippen LogP contribution in [-0.2, 0) is 9.84 Å². The van der Waals surface area contributed by atoms with Crippen LogP contribution < -0.4 is 0 Å². The third-order valence-electron chi connectivity index (χ3n) is 3.65. The molecule has 0 radical (unpaired) electrons. The molecule has 1 aliphatic heterocycles. The molecule has 1 atom stereocenters. The Hall–Kier alpha value is -2.09. The lowest BCUT2D eigenvalue weighted by molar-refractivity contribution is 0.0747. The summed E-state index contributed by atoms with van der Waals surface area (Å²) in [5, 5.41) is 0. The van der Waals surface area contributed by atoms with Crippen LogP contribution >= 0.6 is 0 Å². The van der Waals surface area contributed by atoms with Crippen LogP contribution in [0, 0.1) is 0 Å². The highest BCUT2D eigenvalue weighted by Gasteiger charge is 2.33. The molecule has 3 heterocycles. The average Bonchev–Trinajstić information content (AvgIpc) is 2.85. The van der Waals surface area contributed by atoms with E-state index in [0.717, 1.165) is 0 Å². The van der Waals surface area contributed by atoms with Gasteiger partial charge in [-0.3, -0.25) is 9.78 Å². The molecule has 1 fully saturated rings. The Kier molecular flexibility index (Phi) is 3.32. The summed E-state index contributed by atoms with van der Waals surface area (Å²) in [6, 6.07) is 1.34. The molecule has 1 amide bonds. The quantitative estimate of drug-likeness (QED) is 0.791. The van der Waals surface area contributed by atoms with Crippen LogP contribution in [0.5, 0.6) is 0 Å². The van der Waals surface area contributed by atoms with Gasteiger partial charge in [-0.25, -0.2) is 18.4 Å². The minimum Gasteiger partial charge on any atom is -0.338 e. The summed E-state index contributed by atoms with van der Waals surface area (Å²) in [4.78, 5) is 26.2. The number of hydrogen-bond acceptors (Lipinski definition) is 6. The maximum Gasteiger partial charge on any atom is 0.255 e. The average molecular weight is 306 g/mol. The van der Waals surface area contributed by atoms with Crippen LogP contribution in [0.1, 0.15) is 16.8 Å². The fourth-order valence-corrected chi connectivity index (χ4v) is 4.20. The number of aromatic nitrogens is 3. The Bertz CT molecular complexity index is 806. The minimum atomic E-state index is -3.02. The number of sulfone groups is 1. The lowest BCUT2D eigenvalue weighted by Crippen LogP contribution is -2.37. The number of fused-ring (bicyclic) bond motifs is 1. The van der Waals surface area contributed by atoms with Gasteiger partial charge in [0.05, 0.1) is 17.1 Å². The van der Waals surface area contributed by atoms with Crippen LogP contribution in [0.2, 0.25) is 0 Å². The monoisotopic (exact) mass is 306 g/mol. The molecule has 0 spiro atoms. The summed E-state index contributed by atoms with van der Waals surface area (Å²) >= 11 is 0.